The number of hydrogen-bond acceptors (Lipinski definition) is 3. The zero-order chi connectivity index (χ0) is 15.0. The molecule has 5 nitrogen and oxygen atoms in total. The topological polar surface area (TPSA) is 59.4 Å². The van der Waals surface area contributed by atoms with Crippen LogP contribution < -0.4 is 0 Å². The van der Waals surface area contributed by atoms with Gasteiger partial charge in [-0.1, -0.05) is 6.92 Å². The van der Waals surface area contributed by atoms with Gasteiger partial charge >= 0.3 is 6.18 Å². The molecule has 110 valence electrons. The Bertz CT molecular complexity index is 758. The zero-order valence-corrected chi connectivity index (χ0v) is 11.1. The molecule has 21 heavy (non-hydrogen) atoms. The summed E-state index contributed by atoms with van der Waals surface area (Å²) >= 11 is 0. The highest BCUT2D eigenvalue weighted by molar-refractivity contribution is 5.89. The van der Waals surface area contributed by atoms with E-state index in [0.717, 1.165) is 10.1 Å². The molecule has 3 heterocycles. The minimum Gasteiger partial charge on any atom is -0.346 e. The Labute approximate surface area is 117 Å². The molecule has 0 aliphatic carbocycles. The molecule has 3 aromatic heterocycles. The molecule has 3 rings (SSSR count). The van der Waals surface area contributed by atoms with Crippen molar-refractivity contribution in [1.29, 1.82) is 0 Å². The molecule has 0 saturated carbocycles. The van der Waals surface area contributed by atoms with Gasteiger partial charge in [-0.2, -0.15) is 18.3 Å². The van der Waals surface area contributed by atoms with Crippen LogP contribution in [0, 0.1) is 0 Å². The first-order valence-electron chi connectivity index (χ1n) is 6.40. The van der Waals surface area contributed by atoms with E-state index in [0.29, 0.717) is 16.9 Å². The maximum Gasteiger partial charge on any atom is 0.410 e. The molecule has 0 aromatic carbocycles. The van der Waals surface area contributed by atoms with Crippen molar-refractivity contribution in [2.75, 3.05) is 0 Å². The Morgan fingerprint density at radius 2 is 2.14 bits per heavy atom. The fourth-order valence-corrected chi connectivity index (χ4v) is 2.30. The van der Waals surface area contributed by atoms with E-state index in [2.05, 4.69) is 20.1 Å². The van der Waals surface area contributed by atoms with Gasteiger partial charge in [-0.25, -0.2) is 9.97 Å². The molecule has 0 saturated heterocycles. The monoisotopic (exact) mass is 295 g/mol. The maximum atomic E-state index is 12.9. The summed E-state index contributed by atoms with van der Waals surface area (Å²) in [5.74, 6) is 0. The van der Waals surface area contributed by atoms with E-state index in [1.54, 1.807) is 12.3 Å². The number of nitrogens with one attached hydrogen (secondary N) is 1. The van der Waals surface area contributed by atoms with Crippen molar-refractivity contribution >= 4 is 11.0 Å². The predicted molar refractivity (Wildman–Crippen MR) is 70.5 cm³/mol. The van der Waals surface area contributed by atoms with Crippen LogP contribution in [0.2, 0.25) is 0 Å². The third-order valence-electron chi connectivity index (χ3n) is 3.31. The van der Waals surface area contributed by atoms with E-state index in [9.17, 15) is 13.2 Å². The molecule has 8 heteroatoms. The molecule has 0 fully saturated rings. The van der Waals surface area contributed by atoms with E-state index >= 15 is 0 Å². The van der Waals surface area contributed by atoms with E-state index in [4.69, 9.17) is 0 Å². The van der Waals surface area contributed by atoms with Crippen LogP contribution in [0.4, 0.5) is 13.2 Å². The van der Waals surface area contributed by atoms with E-state index in [1.807, 2.05) is 0 Å². The largest absolute Gasteiger partial charge is 0.410 e. The maximum absolute atomic E-state index is 12.9. The standard InChI is InChI=1S/C13H12F3N5/c1-2-10(13(14,15)16)21-6-8(5-20-21)11-9-3-4-17-12(9)19-7-18-11/h3-7,10H,2H2,1H3,(H,17,18,19). The van der Waals surface area contributed by atoms with Crippen LogP contribution in [0.3, 0.4) is 0 Å². The minimum atomic E-state index is -4.33. The highest BCUT2D eigenvalue weighted by Gasteiger charge is 2.40. The summed E-state index contributed by atoms with van der Waals surface area (Å²) in [6, 6.07) is 0.151. The average Bonchev–Trinajstić information content (AvgIpc) is 3.05. The number of fused-ring (bicyclic) bond motifs is 1. The molecule has 3 aromatic rings. The molecule has 1 unspecified atom stereocenters. The molecular weight excluding hydrogens is 283 g/mol. The van der Waals surface area contributed by atoms with Gasteiger partial charge in [0.05, 0.1) is 11.9 Å². The second-order valence-corrected chi connectivity index (χ2v) is 4.64. The Morgan fingerprint density at radius 3 is 2.86 bits per heavy atom. The highest BCUT2D eigenvalue weighted by Crippen LogP contribution is 2.34. The first kappa shape index (κ1) is 13.6. The third kappa shape index (κ3) is 2.37. The Morgan fingerprint density at radius 1 is 1.33 bits per heavy atom. The van der Waals surface area contributed by atoms with E-state index in [1.165, 1.54) is 25.6 Å². The lowest BCUT2D eigenvalue weighted by molar-refractivity contribution is -0.170. The van der Waals surface area contributed by atoms with Gasteiger partial charge in [0, 0.05) is 23.3 Å². The summed E-state index contributed by atoms with van der Waals surface area (Å²) in [5.41, 5.74) is 1.73. The van der Waals surface area contributed by atoms with Crippen molar-refractivity contribution in [3.8, 4) is 11.3 Å². The predicted octanol–water partition coefficient (Wildman–Crippen LogP) is 3.33. The Hall–Kier alpha value is -2.38. The fourth-order valence-electron chi connectivity index (χ4n) is 2.30. The van der Waals surface area contributed by atoms with Crippen molar-refractivity contribution < 1.29 is 13.2 Å². The first-order chi connectivity index (χ1) is 10.0. The second-order valence-electron chi connectivity index (χ2n) is 4.64. The molecule has 0 amide bonds. The lowest BCUT2D eigenvalue weighted by Gasteiger charge is -2.18. The van der Waals surface area contributed by atoms with Gasteiger partial charge in [0.15, 0.2) is 0 Å². The molecule has 0 radical (unpaired) electrons. The quantitative estimate of drug-likeness (QED) is 0.806. The lowest BCUT2D eigenvalue weighted by atomic mass is 10.2. The summed E-state index contributed by atoms with van der Waals surface area (Å²) in [6.07, 6.45) is 1.44. The van der Waals surface area contributed by atoms with Gasteiger partial charge < -0.3 is 4.98 Å². The van der Waals surface area contributed by atoms with Crippen molar-refractivity contribution in [3.63, 3.8) is 0 Å². The second kappa shape index (κ2) is 4.87. The number of H-pyrrole nitrogens is 1. The summed E-state index contributed by atoms with van der Waals surface area (Å²) in [5, 5.41) is 4.59. The molecule has 0 aliphatic heterocycles. The zero-order valence-electron chi connectivity index (χ0n) is 11.1. The van der Waals surface area contributed by atoms with Gasteiger partial charge in [0.25, 0.3) is 0 Å². The van der Waals surface area contributed by atoms with Crippen LogP contribution >= 0.6 is 0 Å². The van der Waals surface area contributed by atoms with Gasteiger partial charge in [-0.05, 0) is 12.5 Å². The minimum absolute atomic E-state index is 0.0754. The summed E-state index contributed by atoms with van der Waals surface area (Å²) in [6.45, 7) is 1.48. The number of aromatic amines is 1. The van der Waals surface area contributed by atoms with Crippen LogP contribution in [0.5, 0.6) is 0 Å². The highest BCUT2D eigenvalue weighted by atomic mass is 19.4. The van der Waals surface area contributed by atoms with Crippen molar-refractivity contribution in [2.24, 2.45) is 0 Å². The average molecular weight is 295 g/mol. The normalized spacial score (nSPS) is 13.7. The first-order valence-corrected chi connectivity index (χ1v) is 6.40. The van der Waals surface area contributed by atoms with Gasteiger partial charge in [-0.3, -0.25) is 4.68 Å². The molecule has 0 bridgehead atoms. The molecule has 0 spiro atoms. The molecule has 0 aliphatic rings. The van der Waals surface area contributed by atoms with Crippen LogP contribution in [-0.2, 0) is 0 Å². The number of hydrogen-bond donors (Lipinski definition) is 1. The summed E-state index contributed by atoms with van der Waals surface area (Å²) in [4.78, 5) is 11.1. The molecular formula is C13H12F3N5. The molecule has 1 atom stereocenters. The van der Waals surface area contributed by atoms with Gasteiger partial charge in [0.2, 0.25) is 0 Å². The van der Waals surface area contributed by atoms with Crippen LogP contribution in [0.25, 0.3) is 22.3 Å². The van der Waals surface area contributed by atoms with Gasteiger partial charge in [0.1, 0.15) is 18.0 Å². The molecule has 1 N–H and O–H groups in total. The fraction of sp³-hybridized carbons (Fsp3) is 0.308. The van der Waals surface area contributed by atoms with E-state index < -0.39 is 12.2 Å². The number of alkyl halides is 3. The number of halogens is 3. The number of rotatable bonds is 3. The van der Waals surface area contributed by atoms with Gasteiger partial charge in [-0.15, -0.1) is 0 Å². The Balaban J connectivity index is 2.04. The van der Waals surface area contributed by atoms with Crippen LogP contribution in [0.1, 0.15) is 19.4 Å². The van der Waals surface area contributed by atoms with Crippen molar-refractivity contribution in [1.82, 2.24) is 24.7 Å². The van der Waals surface area contributed by atoms with Crippen LogP contribution in [0.15, 0.2) is 31.0 Å². The van der Waals surface area contributed by atoms with Crippen molar-refractivity contribution in [2.45, 2.75) is 25.6 Å². The van der Waals surface area contributed by atoms with Crippen molar-refractivity contribution in [3.05, 3.63) is 31.0 Å². The summed E-state index contributed by atoms with van der Waals surface area (Å²) in [7, 11) is 0. The third-order valence-corrected chi connectivity index (χ3v) is 3.31. The smallest absolute Gasteiger partial charge is 0.346 e. The number of aromatic nitrogens is 5. The van der Waals surface area contributed by atoms with E-state index in [-0.39, 0.29) is 6.42 Å². The SMILES string of the molecule is CCC(n1cc(-c2ncnc3[nH]ccc23)cn1)C(F)(F)F. The van der Waals surface area contributed by atoms with Crippen LogP contribution in [-0.4, -0.2) is 30.9 Å². The lowest BCUT2D eigenvalue weighted by Crippen LogP contribution is -2.26. The number of nitrogens with zero attached hydrogens (tertiary/aromatic N) is 4. The summed E-state index contributed by atoms with van der Waals surface area (Å²) < 4.78 is 39.7. The Kier molecular flexibility index (Phi) is 3.15.